The van der Waals surface area contributed by atoms with Crippen LogP contribution in [0.2, 0.25) is 0 Å². The lowest BCUT2D eigenvalue weighted by molar-refractivity contribution is -0.217. The summed E-state index contributed by atoms with van der Waals surface area (Å²) in [5.41, 5.74) is 0. The number of carboxylic acids is 1. The quantitative estimate of drug-likeness (QED) is 0.149. The highest BCUT2D eigenvalue weighted by molar-refractivity contribution is 6.28. The zero-order valence-corrected chi connectivity index (χ0v) is 4.44. The van der Waals surface area contributed by atoms with E-state index in [-0.39, 0.29) is 0 Å². The molecule has 0 aromatic heterocycles. The van der Waals surface area contributed by atoms with Crippen LogP contribution in [0.1, 0.15) is 0 Å². The highest BCUT2D eigenvalue weighted by Crippen LogP contribution is 2.26. The number of hydrogen-bond acceptors (Lipinski definition) is 6. The summed E-state index contributed by atoms with van der Waals surface area (Å²) in [6.07, 6.45) is -2.48. The van der Waals surface area contributed by atoms with Crippen molar-refractivity contribution >= 4 is 11.9 Å². The summed E-state index contributed by atoms with van der Waals surface area (Å²) in [6.45, 7) is 0. The minimum absolute atomic E-state index is 1.65. The van der Waals surface area contributed by atoms with Crippen LogP contribution in [-0.4, -0.2) is 28.3 Å². The summed E-state index contributed by atoms with van der Waals surface area (Å²) in [5, 5.41) is 16.3. The summed E-state index contributed by atoms with van der Waals surface area (Å²) >= 11 is 0. The van der Waals surface area contributed by atoms with E-state index in [0.717, 1.165) is 0 Å². The predicted octanol–water partition coefficient (Wildman–Crippen LogP) is -1.82. The summed E-state index contributed by atoms with van der Waals surface area (Å²) < 4.78 is 3.68. The molecule has 0 aliphatic carbocycles. The molecular formula is C3H2O7. The molecule has 1 aliphatic heterocycles. The van der Waals surface area contributed by atoms with E-state index in [2.05, 4.69) is 14.5 Å². The molecule has 7 nitrogen and oxygen atoms in total. The van der Waals surface area contributed by atoms with Crippen molar-refractivity contribution in [2.75, 3.05) is 0 Å². The highest BCUT2D eigenvalue weighted by Gasteiger charge is 2.54. The fraction of sp³-hybridized carbons (Fsp3) is 0.333. The van der Waals surface area contributed by atoms with Crippen molar-refractivity contribution in [1.82, 2.24) is 0 Å². The van der Waals surface area contributed by atoms with Gasteiger partial charge in [0.25, 0.3) is 0 Å². The second-order valence-corrected chi connectivity index (χ2v) is 1.39. The van der Waals surface area contributed by atoms with Crippen LogP contribution in [0.3, 0.4) is 0 Å². The minimum atomic E-state index is -2.48. The third-order valence-corrected chi connectivity index (χ3v) is 0.622. The first-order valence-electron chi connectivity index (χ1n) is 2.09. The first-order valence-corrected chi connectivity index (χ1v) is 2.09. The lowest BCUT2D eigenvalue weighted by Gasteiger charge is -1.96. The fourth-order valence-electron chi connectivity index (χ4n) is 0.230. The van der Waals surface area contributed by atoms with Crippen molar-refractivity contribution in [3.8, 4) is 0 Å². The van der Waals surface area contributed by atoms with Gasteiger partial charge in [-0.05, 0) is 0 Å². The van der Waals surface area contributed by atoms with E-state index in [1.165, 1.54) is 0 Å². The molecule has 0 unspecified atom stereocenters. The van der Waals surface area contributed by atoms with Crippen LogP contribution in [0.5, 0.6) is 0 Å². The molecule has 1 aliphatic rings. The second-order valence-electron chi connectivity index (χ2n) is 1.39. The van der Waals surface area contributed by atoms with Gasteiger partial charge in [0.05, 0.1) is 0 Å². The van der Waals surface area contributed by atoms with Crippen molar-refractivity contribution in [2.45, 2.75) is 6.16 Å². The van der Waals surface area contributed by atoms with Gasteiger partial charge in [0.15, 0.2) is 0 Å². The van der Waals surface area contributed by atoms with Crippen LogP contribution in [-0.2, 0) is 24.1 Å². The first kappa shape index (κ1) is 6.93. The normalized spacial score (nSPS) is 19.7. The molecule has 1 saturated heterocycles. The summed E-state index contributed by atoms with van der Waals surface area (Å²) in [7, 11) is 0. The Balaban J connectivity index is 2.39. The number of esters is 1. The molecule has 0 aromatic rings. The van der Waals surface area contributed by atoms with Crippen LogP contribution in [0, 0.1) is 0 Å². The Morgan fingerprint density at radius 3 is 2.20 bits per heavy atom. The van der Waals surface area contributed by atoms with E-state index in [4.69, 9.17) is 10.2 Å². The molecule has 0 saturated carbocycles. The van der Waals surface area contributed by atoms with E-state index < -0.39 is 18.1 Å². The van der Waals surface area contributed by atoms with Crippen LogP contribution in [0.25, 0.3) is 0 Å². The molecule has 7 heteroatoms. The van der Waals surface area contributed by atoms with E-state index in [1.54, 1.807) is 0 Å². The first-order chi connectivity index (χ1) is 4.53. The molecule has 0 amide bonds. The molecular weight excluding hydrogens is 148 g/mol. The van der Waals surface area contributed by atoms with Crippen molar-refractivity contribution in [3.05, 3.63) is 0 Å². The van der Waals surface area contributed by atoms with Crippen LogP contribution < -0.4 is 0 Å². The van der Waals surface area contributed by atoms with E-state index >= 15 is 0 Å². The number of aliphatic hydroxyl groups is 1. The zero-order chi connectivity index (χ0) is 7.78. The Hall–Kier alpha value is -1.18. The Morgan fingerprint density at radius 1 is 1.40 bits per heavy atom. The molecule has 1 fully saturated rings. The van der Waals surface area contributed by atoms with Gasteiger partial charge in [0, 0.05) is 0 Å². The minimum Gasteiger partial charge on any atom is -0.473 e. The molecule has 56 valence electrons. The van der Waals surface area contributed by atoms with Gasteiger partial charge in [-0.2, -0.15) is 0 Å². The average Bonchev–Trinajstić information content (AvgIpc) is 2.47. The van der Waals surface area contributed by atoms with Gasteiger partial charge in [-0.25, -0.2) is 9.59 Å². The van der Waals surface area contributed by atoms with Gasteiger partial charge < -0.3 is 14.9 Å². The summed E-state index contributed by atoms with van der Waals surface area (Å²) in [4.78, 5) is 27.1. The predicted molar refractivity (Wildman–Crippen MR) is 20.8 cm³/mol. The van der Waals surface area contributed by atoms with Gasteiger partial charge in [0.2, 0.25) is 0 Å². The zero-order valence-electron chi connectivity index (χ0n) is 4.44. The highest BCUT2D eigenvalue weighted by atomic mass is 17.5. The number of rotatable bonds is 1. The molecule has 0 bridgehead atoms. The number of hydrogen-bond donors (Lipinski definition) is 2. The maximum atomic E-state index is 10.1. The Morgan fingerprint density at radius 2 is 1.90 bits per heavy atom. The van der Waals surface area contributed by atoms with Gasteiger partial charge >= 0.3 is 18.1 Å². The van der Waals surface area contributed by atoms with Gasteiger partial charge in [-0.1, -0.05) is 0 Å². The van der Waals surface area contributed by atoms with Gasteiger partial charge in [-0.15, -0.1) is 9.78 Å². The average molecular weight is 150 g/mol. The molecule has 1 rings (SSSR count). The van der Waals surface area contributed by atoms with Crippen LogP contribution in [0.15, 0.2) is 0 Å². The van der Waals surface area contributed by atoms with Crippen LogP contribution >= 0.6 is 0 Å². The lowest BCUT2D eigenvalue weighted by atomic mass is 10.7. The van der Waals surface area contributed by atoms with Crippen molar-refractivity contribution < 1.29 is 34.3 Å². The molecule has 0 radical (unpaired) electrons. The Bertz CT molecular complexity index is 179. The number of carbonyl (C=O) groups excluding carboxylic acids is 1. The third-order valence-electron chi connectivity index (χ3n) is 0.622. The number of ether oxygens (including phenoxy) is 1. The van der Waals surface area contributed by atoms with Crippen molar-refractivity contribution in [3.63, 3.8) is 0 Å². The maximum absolute atomic E-state index is 10.1. The van der Waals surface area contributed by atoms with Crippen molar-refractivity contribution in [2.24, 2.45) is 0 Å². The van der Waals surface area contributed by atoms with Crippen LogP contribution in [0.4, 0.5) is 0 Å². The molecule has 0 aromatic carbocycles. The number of aliphatic carboxylic acids is 1. The Kier molecular flexibility index (Phi) is 1.32. The largest absolute Gasteiger partial charge is 0.515 e. The van der Waals surface area contributed by atoms with E-state index in [1.807, 2.05) is 0 Å². The van der Waals surface area contributed by atoms with Gasteiger partial charge in [0.1, 0.15) is 0 Å². The molecule has 1 heterocycles. The topological polar surface area (TPSA) is 109 Å². The molecule has 0 spiro atoms. The molecule has 0 atom stereocenters. The Labute approximate surface area is 53.6 Å². The van der Waals surface area contributed by atoms with E-state index in [0.29, 0.717) is 0 Å². The van der Waals surface area contributed by atoms with E-state index in [9.17, 15) is 9.59 Å². The molecule has 10 heavy (non-hydrogen) atoms. The fourth-order valence-corrected chi connectivity index (χ4v) is 0.230. The number of carboxylic acid groups (broad SMARTS) is 1. The maximum Gasteiger partial charge on any atom is 0.515 e. The number of carbonyl (C=O) groups is 2. The van der Waals surface area contributed by atoms with Crippen molar-refractivity contribution in [1.29, 1.82) is 0 Å². The monoisotopic (exact) mass is 150 g/mol. The second kappa shape index (κ2) is 1.90. The summed E-state index contributed by atoms with van der Waals surface area (Å²) in [6, 6.07) is 0. The smallest absolute Gasteiger partial charge is 0.473 e. The summed E-state index contributed by atoms with van der Waals surface area (Å²) in [5.74, 6) is -3.49. The SMILES string of the molecule is O=C(O)C(=O)OC1(O)OO1. The third kappa shape index (κ3) is 1.41. The lowest BCUT2D eigenvalue weighted by Crippen LogP contribution is -2.25. The van der Waals surface area contributed by atoms with Gasteiger partial charge in [-0.3, -0.25) is 0 Å². The standard InChI is InChI=1S/C3H2O7/c4-1(5)2(6)8-3(7)9-10-3/h7H,(H,4,5). The molecule has 2 N–H and O–H groups in total.